The van der Waals surface area contributed by atoms with Gasteiger partial charge < -0.3 is 10.2 Å². The largest absolute Gasteiger partial charge is 0.378 e. The number of anilines is 3. The molecule has 0 bridgehead atoms. The molecule has 0 saturated carbocycles. The first-order valence-corrected chi connectivity index (χ1v) is 7.45. The van der Waals surface area contributed by atoms with Crippen LogP contribution in [0.2, 0.25) is 0 Å². The highest BCUT2D eigenvalue weighted by atomic mass is 79.9. The van der Waals surface area contributed by atoms with Crippen LogP contribution in [0, 0.1) is 0 Å². The lowest BCUT2D eigenvalue weighted by molar-refractivity contribution is 0.831. The minimum absolute atomic E-state index is 0.809. The third-order valence-corrected chi connectivity index (χ3v) is 3.28. The van der Waals surface area contributed by atoms with Crippen molar-refractivity contribution in [2.75, 3.05) is 24.3 Å². The van der Waals surface area contributed by atoms with Crippen LogP contribution in [-0.2, 0) is 6.42 Å². The van der Waals surface area contributed by atoms with Gasteiger partial charge in [0.05, 0.1) is 0 Å². The number of aromatic nitrogens is 2. The molecular formula is C15H19BrN4. The van der Waals surface area contributed by atoms with Crippen molar-refractivity contribution >= 4 is 33.1 Å². The number of rotatable bonds is 5. The van der Waals surface area contributed by atoms with Crippen LogP contribution >= 0.6 is 15.9 Å². The van der Waals surface area contributed by atoms with Crippen LogP contribution in [0.1, 0.15) is 19.2 Å². The van der Waals surface area contributed by atoms with Gasteiger partial charge in [-0.15, -0.1) is 0 Å². The minimum Gasteiger partial charge on any atom is -0.378 e. The van der Waals surface area contributed by atoms with Gasteiger partial charge in [-0.05, 0) is 46.6 Å². The standard InChI is InChI=1S/C15H19BrN4/c1-4-5-14-18-13(16)10-15(19-14)17-11-6-8-12(9-7-11)20(2)3/h6-10H,4-5H2,1-3H3,(H,17,18,19). The molecule has 0 radical (unpaired) electrons. The van der Waals surface area contributed by atoms with Crippen molar-refractivity contribution < 1.29 is 0 Å². The molecule has 4 nitrogen and oxygen atoms in total. The Balaban J connectivity index is 2.16. The predicted octanol–water partition coefficient (Wildman–Crippen LogP) is 4.00. The van der Waals surface area contributed by atoms with Crippen LogP contribution in [0.25, 0.3) is 0 Å². The van der Waals surface area contributed by atoms with E-state index >= 15 is 0 Å². The van der Waals surface area contributed by atoms with Gasteiger partial charge in [0.25, 0.3) is 0 Å². The summed E-state index contributed by atoms with van der Waals surface area (Å²) in [6, 6.07) is 10.1. The topological polar surface area (TPSA) is 41.1 Å². The minimum atomic E-state index is 0.809. The highest BCUT2D eigenvalue weighted by Gasteiger charge is 2.03. The molecule has 2 aromatic rings. The van der Waals surface area contributed by atoms with Gasteiger partial charge in [0.1, 0.15) is 16.2 Å². The summed E-state index contributed by atoms with van der Waals surface area (Å²) in [5.41, 5.74) is 2.19. The maximum atomic E-state index is 4.51. The van der Waals surface area contributed by atoms with E-state index in [1.165, 1.54) is 5.69 Å². The zero-order valence-electron chi connectivity index (χ0n) is 12.0. The Bertz CT molecular complexity index is 567. The van der Waals surface area contributed by atoms with Crippen molar-refractivity contribution in [3.63, 3.8) is 0 Å². The number of nitrogens with one attached hydrogen (secondary N) is 1. The molecule has 1 aromatic heterocycles. The smallest absolute Gasteiger partial charge is 0.135 e. The average Bonchev–Trinajstić information content (AvgIpc) is 2.39. The normalized spacial score (nSPS) is 10.4. The number of benzene rings is 1. The molecule has 1 N–H and O–H groups in total. The van der Waals surface area contributed by atoms with Gasteiger partial charge in [-0.2, -0.15) is 0 Å². The first-order chi connectivity index (χ1) is 9.58. The summed E-state index contributed by atoms with van der Waals surface area (Å²) in [6.07, 6.45) is 1.92. The van der Waals surface area contributed by atoms with E-state index in [1.54, 1.807) is 0 Å². The van der Waals surface area contributed by atoms with Crippen LogP contribution in [0.15, 0.2) is 34.9 Å². The Hall–Kier alpha value is -1.62. The lowest BCUT2D eigenvalue weighted by Crippen LogP contribution is -2.08. The third kappa shape index (κ3) is 3.93. The molecule has 2 rings (SSSR count). The molecule has 0 aliphatic heterocycles. The van der Waals surface area contributed by atoms with E-state index in [4.69, 9.17) is 0 Å². The molecule has 0 spiro atoms. The molecule has 0 atom stereocenters. The van der Waals surface area contributed by atoms with Crippen molar-refractivity contribution in [3.05, 3.63) is 40.8 Å². The van der Waals surface area contributed by atoms with E-state index in [1.807, 2.05) is 32.3 Å². The van der Waals surface area contributed by atoms with Gasteiger partial charge in [-0.3, -0.25) is 0 Å². The number of halogens is 1. The van der Waals surface area contributed by atoms with Gasteiger partial charge in [0.2, 0.25) is 0 Å². The van der Waals surface area contributed by atoms with Crippen molar-refractivity contribution in [3.8, 4) is 0 Å². The second-order valence-corrected chi connectivity index (χ2v) is 5.62. The summed E-state index contributed by atoms with van der Waals surface area (Å²) in [4.78, 5) is 10.9. The summed E-state index contributed by atoms with van der Waals surface area (Å²) in [5.74, 6) is 1.67. The molecule has 106 valence electrons. The molecule has 0 aliphatic carbocycles. The monoisotopic (exact) mass is 334 g/mol. The summed E-state index contributed by atoms with van der Waals surface area (Å²) in [7, 11) is 4.06. The molecule has 20 heavy (non-hydrogen) atoms. The van der Waals surface area contributed by atoms with Crippen molar-refractivity contribution in [1.82, 2.24) is 9.97 Å². The number of hydrogen-bond donors (Lipinski definition) is 1. The van der Waals surface area contributed by atoms with Crippen molar-refractivity contribution in [1.29, 1.82) is 0 Å². The first-order valence-electron chi connectivity index (χ1n) is 6.66. The second-order valence-electron chi connectivity index (χ2n) is 4.81. The fraction of sp³-hybridized carbons (Fsp3) is 0.333. The predicted molar refractivity (Wildman–Crippen MR) is 87.8 cm³/mol. The molecule has 0 amide bonds. The Morgan fingerprint density at radius 2 is 1.85 bits per heavy atom. The maximum absolute atomic E-state index is 4.51. The molecule has 1 aromatic carbocycles. The zero-order valence-corrected chi connectivity index (χ0v) is 13.6. The van der Waals surface area contributed by atoms with Gasteiger partial charge in [-0.25, -0.2) is 9.97 Å². The summed E-state index contributed by atoms with van der Waals surface area (Å²) >= 11 is 3.43. The lowest BCUT2D eigenvalue weighted by Gasteiger charge is -2.13. The average molecular weight is 335 g/mol. The van der Waals surface area contributed by atoms with E-state index in [2.05, 4.69) is 55.2 Å². The van der Waals surface area contributed by atoms with Crippen molar-refractivity contribution in [2.24, 2.45) is 0 Å². The third-order valence-electron chi connectivity index (χ3n) is 2.87. The lowest BCUT2D eigenvalue weighted by atomic mass is 10.2. The maximum Gasteiger partial charge on any atom is 0.135 e. The Labute approximate surface area is 128 Å². The van der Waals surface area contributed by atoms with Crippen LogP contribution in [0.3, 0.4) is 0 Å². The van der Waals surface area contributed by atoms with E-state index in [0.29, 0.717) is 0 Å². The number of nitrogens with zero attached hydrogens (tertiary/aromatic N) is 3. The van der Waals surface area contributed by atoms with Crippen LogP contribution < -0.4 is 10.2 Å². The summed E-state index contributed by atoms with van der Waals surface area (Å²) in [5, 5.41) is 3.31. The van der Waals surface area contributed by atoms with Gasteiger partial charge in [0, 0.05) is 38.0 Å². The van der Waals surface area contributed by atoms with Gasteiger partial charge >= 0.3 is 0 Å². The molecule has 1 heterocycles. The Kier molecular flexibility index (Phi) is 4.95. The van der Waals surface area contributed by atoms with Gasteiger partial charge in [-0.1, -0.05) is 6.92 Å². The fourth-order valence-electron chi connectivity index (χ4n) is 1.85. The van der Waals surface area contributed by atoms with Crippen LogP contribution in [-0.4, -0.2) is 24.1 Å². The highest BCUT2D eigenvalue weighted by Crippen LogP contribution is 2.21. The highest BCUT2D eigenvalue weighted by molar-refractivity contribution is 9.10. The summed E-state index contributed by atoms with van der Waals surface area (Å²) < 4.78 is 0.809. The quantitative estimate of drug-likeness (QED) is 0.839. The molecule has 0 unspecified atom stereocenters. The van der Waals surface area contributed by atoms with Crippen molar-refractivity contribution in [2.45, 2.75) is 19.8 Å². The second kappa shape index (κ2) is 6.70. The molecular weight excluding hydrogens is 316 g/mol. The number of aryl methyl sites for hydroxylation is 1. The molecule has 0 aliphatic rings. The molecule has 0 fully saturated rings. The Morgan fingerprint density at radius 3 is 2.45 bits per heavy atom. The van der Waals surface area contributed by atoms with Crippen LogP contribution in [0.5, 0.6) is 0 Å². The van der Waals surface area contributed by atoms with E-state index in [9.17, 15) is 0 Å². The fourth-order valence-corrected chi connectivity index (χ4v) is 2.28. The van der Waals surface area contributed by atoms with Crippen LogP contribution in [0.4, 0.5) is 17.2 Å². The SMILES string of the molecule is CCCc1nc(Br)cc(Nc2ccc(N(C)C)cc2)n1. The van der Waals surface area contributed by atoms with E-state index in [0.717, 1.165) is 34.8 Å². The van der Waals surface area contributed by atoms with E-state index in [-0.39, 0.29) is 0 Å². The Morgan fingerprint density at radius 1 is 1.15 bits per heavy atom. The molecule has 0 saturated heterocycles. The van der Waals surface area contributed by atoms with E-state index < -0.39 is 0 Å². The molecule has 5 heteroatoms. The number of hydrogen-bond acceptors (Lipinski definition) is 4. The first kappa shape index (κ1) is 14.8. The summed E-state index contributed by atoms with van der Waals surface area (Å²) in [6.45, 7) is 2.12. The zero-order chi connectivity index (χ0) is 14.5. The van der Waals surface area contributed by atoms with Gasteiger partial charge in [0.15, 0.2) is 0 Å².